The molecule has 1 aliphatic heterocycles. The van der Waals surface area contributed by atoms with Crippen molar-refractivity contribution < 1.29 is 0 Å². The van der Waals surface area contributed by atoms with Crippen LogP contribution in [0, 0.1) is 6.92 Å². The maximum Gasteiger partial charge on any atom is 0.148 e. The Labute approximate surface area is 127 Å². The van der Waals surface area contributed by atoms with Crippen molar-refractivity contribution in [3.63, 3.8) is 0 Å². The lowest BCUT2D eigenvalue weighted by Gasteiger charge is -2.27. The van der Waals surface area contributed by atoms with Gasteiger partial charge in [-0.15, -0.1) is 0 Å². The van der Waals surface area contributed by atoms with Crippen molar-refractivity contribution in [3.8, 4) is 0 Å². The number of nitrogen functional groups attached to an aromatic ring is 1. The molecule has 0 radical (unpaired) electrons. The van der Waals surface area contributed by atoms with Crippen LogP contribution in [-0.4, -0.2) is 48.1 Å². The van der Waals surface area contributed by atoms with Crippen LogP contribution in [0.25, 0.3) is 0 Å². The minimum atomic E-state index is -0.101. The number of rotatable bonds is 2. The number of likely N-dealkylation sites (N-methyl/N-ethyl adjacent to an activating group) is 1. The fourth-order valence-corrected chi connectivity index (χ4v) is 2.55. The van der Waals surface area contributed by atoms with Gasteiger partial charge in [-0.1, -0.05) is 20.8 Å². The van der Waals surface area contributed by atoms with Crippen LogP contribution < -0.4 is 16.2 Å². The zero-order chi connectivity index (χ0) is 15.6. The Hall–Kier alpha value is -1.40. The highest BCUT2D eigenvalue weighted by Gasteiger charge is 2.24. The van der Waals surface area contributed by atoms with E-state index in [-0.39, 0.29) is 5.41 Å². The molecule has 6 nitrogen and oxygen atoms in total. The number of nitrogens with two attached hydrogens (primary N) is 1. The number of nitrogens with one attached hydrogen (secondary N) is 1. The molecule has 1 saturated heterocycles. The second-order valence-corrected chi connectivity index (χ2v) is 6.88. The predicted molar refractivity (Wildman–Crippen MR) is 87.6 cm³/mol. The maximum absolute atomic E-state index is 5.65. The lowest BCUT2D eigenvalue weighted by atomic mass is 9.95. The summed E-state index contributed by atoms with van der Waals surface area (Å²) in [7, 11) is 2.17. The fourth-order valence-electron chi connectivity index (χ4n) is 2.55. The number of hydrogen-bond donors (Lipinski definition) is 2. The SMILES string of the molecule is Cc1c(NN)nc(C(C)(C)C)nc1N1CCCN(C)CC1. The Kier molecular flexibility index (Phi) is 4.68. The molecule has 0 aromatic carbocycles. The lowest BCUT2D eigenvalue weighted by Crippen LogP contribution is -2.31. The monoisotopic (exact) mass is 292 g/mol. The zero-order valence-corrected chi connectivity index (χ0v) is 13.9. The van der Waals surface area contributed by atoms with E-state index in [2.05, 4.69) is 48.0 Å². The topological polar surface area (TPSA) is 70.3 Å². The van der Waals surface area contributed by atoms with Gasteiger partial charge in [0.2, 0.25) is 0 Å². The smallest absolute Gasteiger partial charge is 0.148 e. The van der Waals surface area contributed by atoms with E-state index < -0.39 is 0 Å². The molecule has 0 saturated carbocycles. The third kappa shape index (κ3) is 3.63. The van der Waals surface area contributed by atoms with E-state index >= 15 is 0 Å². The Bertz CT molecular complexity index is 494. The molecule has 0 amide bonds. The van der Waals surface area contributed by atoms with Crippen LogP contribution in [0.4, 0.5) is 11.6 Å². The fraction of sp³-hybridized carbons (Fsp3) is 0.733. The van der Waals surface area contributed by atoms with Crippen LogP contribution in [-0.2, 0) is 5.41 Å². The first kappa shape index (κ1) is 16.0. The van der Waals surface area contributed by atoms with E-state index in [0.29, 0.717) is 0 Å². The summed E-state index contributed by atoms with van der Waals surface area (Å²) < 4.78 is 0. The first-order valence-electron chi connectivity index (χ1n) is 7.62. The highest BCUT2D eigenvalue weighted by atomic mass is 15.3. The second-order valence-electron chi connectivity index (χ2n) is 6.88. The third-order valence-electron chi connectivity index (χ3n) is 3.95. The second kappa shape index (κ2) is 6.15. The van der Waals surface area contributed by atoms with Crippen molar-refractivity contribution in [2.75, 3.05) is 43.6 Å². The molecule has 2 rings (SSSR count). The van der Waals surface area contributed by atoms with Crippen LogP contribution in [0.2, 0.25) is 0 Å². The molecule has 0 bridgehead atoms. The third-order valence-corrected chi connectivity index (χ3v) is 3.95. The summed E-state index contributed by atoms with van der Waals surface area (Å²) in [5, 5.41) is 0. The van der Waals surface area contributed by atoms with Gasteiger partial charge in [0.1, 0.15) is 17.5 Å². The number of anilines is 2. The van der Waals surface area contributed by atoms with Gasteiger partial charge in [-0.2, -0.15) is 0 Å². The summed E-state index contributed by atoms with van der Waals surface area (Å²) in [5.41, 5.74) is 3.65. The van der Waals surface area contributed by atoms with Gasteiger partial charge in [0, 0.05) is 30.6 Å². The van der Waals surface area contributed by atoms with Gasteiger partial charge in [0.15, 0.2) is 0 Å². The van der Waals surface area contributed by atoms with Crippen molar-refractivity contribution >= 4 is 11.6 Å². The molecule has 1 aliphatic rings. The number of nitrogens with zero attached hydrogens (tertiary/aromatic N) is 4. The normalized spacial score (nSPS) is 17.7. The molecule has 1 aromatic heterocycles. The minimum absolute atomic E-state index is 0.101. The number of aromatic nitrogens is 2. The van der Waals surface area contributed by atoms with E-state index in [1.54, 1.807) is 0 Å². The molecule has 1 fully saturated rings. The standard InChI is InChI=1S/C15H28N6/c1-11-12(19-16)17-14(15(2,3)4)18-13(11)21-8-6-7-20(5)9-10-21/h6-10,16H2,1-5H3,(H,17,18,19). The molecule has 0 unspecified atom stereocenters. The van der Waals surface area contributed by atoms with Gasteiger partial charge >= 0.3 is 0 Å². The quantitative estimate of drug-likeness (QED) is 0.636. The first-order chi connectivity index (χ1) is 9.82. The van der Waals surface area contributed by atoms with Crippen LogP contribution in [0.1, 0.15) is 38.6 Å². The highest BCUT2D eigenvalue weighted by molar-refractivity contribution is 5.58. The van der Waals surface area contributed by atoms with Gasteiger partial charge in [-0.3, -0.25) is 0 Å². The van der Waals surface area contributed by atoms with E-state index in [0.717, 1.165) is 55.6 Å². The van der Waals surface area contributed by atoms with Gasteiger partial charge < -0.3 is 15.2 Å². The summed E-state index contributed by atoms with van der Waals surface area (Å²) in [4.78, 5) is 14.1. The lowest BCUT2D eigenvalue weighted by molar-refractivity contribution is 0.360. The van der Waals surface area contributed by atoms with Crippen molar-refractivity contribution in [2.24, 2.45) is 5.84 Å². The Morgan fingerprint density at radius 3 is 2.43 bits per heavy atom. The molecule has 1 aromatic rings. The van der Waals surface area contributed by atoms with Crippen LogP contribution >= 0.6 is 0 Å². The molecular weight excluding hydrogens is 264 g/mol. The van der Waals surface area contributed by atoms with Crippen molar-refractivity contribution in [2.45, 2.75) is 39.5 Å². The van der Waals surface area contributed by atoms with E-state index in [1.807, 2.05) is 6.92 Å². The van der Waals surface area contributed by atoms with Gasteiger partial charge in [0.05, 0.1) is 0 Å². The number of hydrazine groups is 1. The number of hydrogen-bond acceptors (Lipinski definition) is 6. The minimum Gasteiger partial charge on any atom is -0.355 e. The average Bonchev–Trinajstić information content (AvgIpc) is 2.62. The van der Waals surface area contributed by atoms with Gasteiger partial charge in [-0.25, -0.2) is 15.8 Å². The van der Waals surface area contributed by atoms with Crippen LogP contribution in [0.15, 0.2) is 0 Å². The molecular formula is C15H28N6. The summed E-state index contributed by atoms with van der Waals surface area (Å²) in [6, 6.07) is 0. The van der Waals surface area contributed by atoms with E-state index in [9.17, 15) is 0 Å². The largest absolute Gasteiger partial charge is 0.355 e. The van der Waals surface area contributed by atoms with Gasteiger partial charge in [0.25, 0.3) is 0 Å². The zero-order valence-electron chi connectivity index (χ0n) is 13.9. The molecule has 3 N–H and O–H groups in total. The summed E-state index contributed by atoms with van der Waals surface area (Å²) >= 11 is 0. The highest BCUT2D eigenvalue weighted by Crippen LogP contribution is 2.28. The van der Waals surface area contributed by atoms with E-state index in [1.165, 1.54) is 0 Å². The molecule has 2 heterocycles. The first-order valence-corrected chi connectivity index (χ1v) is 7.62. The molecule has 118 valence electrons. The Morgan fingerprint density at radius 2 is 1.81 bits per heavy atom. The van der Waals surface area contributed by atoms with E-state index in [4.69, 9.17) is 10.8 Å². The molecule has 0 atom stereocenters. The molecule has 6 heteroatoms. The maximum atomic E-state index is 5.65. The average molecular weight is 292 g/mol. The Balaban J connectivity index is 2.41. The summed E-state index contributed by atoms with van der Waals surface area (Å²) in [5.74, 6) is 8.21. The van der Waals surface area contributed by atoms with Crippen LogP contribution in [0.5, 0.6) is 0 Å². The summed E-state index contributed by atoms with van der Waals surface area (Å²) in [6.07, 6.45) is 1.15. The van der Waals surface area contributed by atoms with Gasteiger partial charge in [-0.05, 0) is 26.9 Å². The molecule has 0 spiro atoms. The van der Waals surface area contributed by atoms with Crippen LogP contribution in [0.3, 0.4) is 0 Å². The molecule has 21 heavy (non-hydrogen) atoms. The van der Waals surface area contributed by atoms with Crippen molar-refractivity contribution in [1.82, 2.24) is 14.9 Å². The summed E-state index contributed by atoms with van der Waals surface area (Å²) in [6.45, 7) is 12.6. The van der Waals surface area contributed by atoms with Crippen molar-refractivity contribution in [3.05, 3.63) is 11.4 Å². The van der Waals surface area contributed by atoms with Crippen molar-refractivity contribution in [1.29, 1.82) is 0 Å². The molecule has 0 aliphatic carbocycles. The predicted octanol–water partition coefficient (Wildman–Crippen LogP) is 1.51. The Morgan fingerprint density at radius 1 is 1.10 bits per heavy atom.